The minimum absolute atomic E-state index is 0.172. The minimum Gasteiger partial charge on any atom is -0.379 e. The second kappa shape index (κ2) is 6.47. The van der Waals surface area contributed by atoms with E-state index in [0.29, 0.717) is 19.1 Å². The third-order valence-corrected chi connectivity index (χ3v) is 4.33. The first-order valence-corrected chi connectivity index (χ1v) is 7.90. The van der Waals surface area contributed by atoms with E-state index in [0.717, 1.165) is 25.2 Å². The lowest BCUT2D eigenvalue weighted by Crippen LogP contribution is -2.35. The van der Waals surface area contributed by atoms with Gasteiger partial charge in [0.15, 0.2) is 5.82 Å². The standard InChI is InChI=1S/C14H19N3O2S/c1-2-5-15-12-9-18-8-11(12)14-16-13(17-19-14)7-10-4-3-6-20-10/h3-4,6,11-12,15H,2,5,7-9H2,1H3. The molecule has 0 saturated carbocycles. The summed E-state index contributed by atoms with van der Waals surface area (Å²) in [6.45, 7) is 4.51. The molecule has 1 saturated heterocycles. The van der Waals surface area contributed by atoms with Crippen molar-refractivity contribution in [1.82, 2.24) is 15.5 Å². The average molecular weight is 293 g/mol. The van der Waals surface area contributed by atoms with Crippen LogP contribution in [-0.2, 0) is 11.2 Å². The van der Waals surface area contributed by atoms with Gasteiger partial charge in [-0.15, -0.1) is 11.3 Å². The maximum atomic E-state index is 5.55. The fourth-order valence-electron chi connectivity index (χ4n) is 2.39. The molecule has 2 aromatic rings. The van der Waals surface area contributed by atoms with Crippen molar-refractivity contribution in [2.75, 3.05) is 19.8 Å². The van der Waals surface area contributed by atoms with Gasteiger partial charge in [-0.1, -0.05) is 18.1 Å². The van der Waals surface area contributed by atoms with E-state index in [9.17, 15) is 0 Å². The molecule has 1 aliphatic heterocycles. The van der Waals surface area contributed by atoms with Crippen molar-refractivity contribution in [3.8, 4) is 0 Å². The number of nitrogens with zero attached hydrogens (tertiary/aromatic N) is 2. The predicted octanol–water partition coefficient (Wildman–Crippen LogP) is 2.20. The Bertz CT molecular complexity index is 526. The van der Waals surface area contributed by atoms with Crippen LogP contribution in [0.1, 0.15) is 35.9 Å². The lowest BCUT2D eigenvalue weighted by atomic mass is 10.0. The molecule has 3 heterocycles. The summed E-state index contributed by atoms with van der Waals surface area (Å²) in [5.41, 5.74) is 0. The zero-order chi connectivity index (χ0) is 13.8. The van der Waals surface area contributed by atoms with Gasteiger partial charge in [0, 0.05) is 17.3 Å². The van der Waals surface area contributed by atoms with Crippen LogP contribution < -0.4 is 5.32 Å². The number of rotatable bonds is 6. The SMILES string of the molecule is CCCNC1COCC1c1nc(Cc2cccs2)no1. The van der Waals surface area contributed by atoms with E-state index >= 15 is 0 Å². The van der Waals surface area contributed by atoms with Crippen LogP contribution in [0.5, 0.6) is 0 Å². The molecule has 6 heteroatoms. The molecule has 0 aromatic carbocycles. The highest BCUT2D eigenvalue weighted by molar-refractivity contribution is 7.09. The average Bonchev–Trinajstić information content (AvgIpc) is 3.17. The maximum absolute atomic E-state index is 5.55. The van der Waals surface area contributed by atoms with Crippen LogP contribution in [0.15, 0.2) is 22.0 Å². The molecule has 0 amide bonds. The quantitative estimate of drug-likeness (QED) is 0.885. The Morgan fingerprint density at radius 3 is 3.20 bits per heavy atom. The van der Waals surface area contributed by atoms with Crippen LogP contribution in [-0.4, -0.2) is 35.9 Å². The summed E-state index contributed by atoms with van der Waals surface area (Å²) < 4.78 is 11.0. The topological polar surface area (TPSA) is 60.2 Å². The highest BCUT2D eigenvalue weighted by Gasteiger charge is 2.33. The van der Waals surface area contributed by atoms with E-state index in [1.54, 1.807) is 11.3 Å². The second-order valence-electron chi connectivity index (χ2n) is 5.01. The number of ether oxygens (including phenoxy) is 1. The van der Waals surface area contributed by atoms with Gasteiger partial charge in [-0.05, 0) is 24.4 Å². The lowest BCUT2D eigenvalue weighted by molar-refractivity contribution is 0.184. The molecule has 1 N–H and O–H groups in total. The fraction of sp³-hybridized carbons (Fsp3) is 0.571. The van der Waals surface area contributed by atoms with E-state index < -0.39 is 0 Å². The Labute approximate surface area is 122 Å². The third kappa shape index (κ3) is 3.08. The second-order valence-corrected chi connectivity index (χ2v) is 6.04. The van der Waals surface area contributed by atoms with Gasteiger partial charge in [0.25, 0.3) is 0 Å². The van der Waals surface area contributed by atoms with E-state index in [1.165, 1.54) is 4.88 Å². The molecule has 0 bridgehead atoms. The minimum atomic E-state index is 0.172. The number of aromatic nitrogens is 2. The van der Waals surface area contributed by atoms with E-state index in [-0.39, 0.29) is 12.0 Å². The van der Waals surface area contributed by atoms with Crippen molar-refractivity contribution in [3.05, 3.63) is 34.1 Å². The number of thiophene rings is 1. The first kappa shape index (κ1) is 13.7. The largest absolute Gasteiger partial charge is 0.379 e. The predicted molar refractivity (Wildman–Crippen MR) is 77.1 cm³/mol. The fourth-order valence-corrected chi connectivity index (χ4v) is 3.09. The van der Waals surface area contributed by atoms with Crippen LogP contribution in [0.25, 0.3) is 0 Å². The van der Waals surface area contributed by atoms with Crippen LogP contribution >= 0.6 is 11.3 Å². The zero-order valence-electron chi connectivity index (χ0n) is 11.5. The molecule has 2 unspecified atom stereocenters. The van der Waals surface area contributed by atoms with Gasteiger partial charge < -0.3 is 14.6 Å². The summed E-state index contributed by atoms with van der Waals surface area (Å²) in [5, 5.41) is 9.63. The summed E-state index contributed by atoms with van der Waals surface area (Å²) in [4.78, 5) is 5.78. The molecule has 1 aliphatic rings. The van der Waals surface area contributed by atoms with Crippen LogP contribution in [0, 0.1) is 0 Å². The Morgan fingerprint density at radius 1 is 1.45 bits per heavy atom. The van der Waals surface area contributed by atoms with Gasteiger partial charge in [-0.2, -0.15) is 4.98 Å². The van der Waals surface area contributed by atoms with Crippen molar-refractivity contribution >= 4 is 11.3 Å². The number of hydrogen-bond donors (Lipinski definition) is 1. The molecule has 1 fully saturated rings. The molecule has 0 radical (unpaired) electrons. The van der Waals surface area contributed by atoms with Gasteiger partial charge in [0.1, 0.15) is 0 Å². The molecule has 20 heavy (non-hydrogen) atoms. The molecular weight excluding hydrogens is 274 g/mol. The van der Waals surface area contributed by atoms with Crippen molar-refractivity contribution < 1.29 is 9.26 Å². The van der Waals surface area contributed by atoms with Gasteiger partial charge in [-0.3, -0.25) is 0 Å². The molecule has 5 nitrogen and oxygen atoms in total. The highest BCUT2D eigenvalue weighted by atomic mass is 32.1. The van der Waals surface area contributed by atoms with E-state index in [1.807, 2.05) is 6.07 Å². The lowest BCUT2D eigenvalue weighted by Gasteiger charge is -2.14. The third-order valence-electron chi connectivity index (χ3n) is 3.45. The van der Waals surface area contributed by atoms with Gasteiger partial charge in [-0.25, -0.2) is 0 Å². The van der Waals surface area contributed by atoms with Crippen LogP contribution in [0.3, 0.4) is 0 Å². The van der Waals surface area contributed by atoms with Crippen molar-refractivity contribution in [1.29, 1.82) is 0 Å². The molecular formula is C14H19N3O2S. The Morgan fingerprint density at radius 2 is 2.40 bits per heavy atom. The maximum Gasteiger partial charge on any atom is 0.233 e. The number of hydrogen-bond acceptors (Lipinski definition) is 6. The Kier molecular flexibility index (Phi) is 4.44. The first-order valence-electron chi connectivity index (χ1n) is 7.02. The van der Waals surface area contributed by atoms with Crippen LogP contribution in [0.2, 0.25) is 0 Å². The Hall–Kier alpha value is -1.24. The summed E-state index contributed by atoms with van der Waals surface area (Å²) >= 11 is 1.71. The zero-order valence-corrected chi connectivity index (χ0v) is 12.4. The van der Waals surface area contributed by atoms with Gasteiger partial charge >= 0.3 is 0 Å². The summed E-state index contributed by atoms with van der Waals surface area (Å²) in [7, 11) is 0. The highest BCUT2D eigenvalue weighted by Crippen LogP contribution is 2.25. The summed E-state index contributed by atoms with van der Waals surface area (Å²) in [5.74, 6) is 1.62. The van der Waals surface area contributed by atoms with Crippen molar-refractivity contribution in [3.63, 3.8) is 0 Å². The molecule has 108 valence electrons. The normalized spacial score (nSPS) is 22.4. The van der Waals surface area contributed by atoms with Gasteiger partial charge in [0.05, 0.1) is 19.1 Å². The van der Waals surface area contributed by atoms with Crippen molar-refractivity contribution in [2.24, 2.45) is 0 Å². The summed E-state index contributed by atoms with van der Waals surface area (Å²) in [6, 6.07) is 4.41. The Balaban J connectivity index is 1.66. The molecule has 0 aliphatic carbocycles. The molecule has 0 spiro atoms. The van der Waals surface area contributed by atoms with Crippen LogP contribution in [0.4, 0.5) is 0 Å². The van der Waals surface area contributed by atoms with Crippen molar-refractivity contribution in [2.45, 2.75) is 31.7 Å². The number of nitrogens with one attached hydrogen (secondary N) is 1. The molecule has 2 atom stereocenters. The molecule has 3 rings (SSSR count). The first-order chi connectivity index (χ1) is 9.86. The molecule has 2 aromatic heterocycles. The summed E-state index contributed by atoms with van der Waals surface area (Å²) in [6.07, 6.45) is 1.85. The monoisotopic (exact) mass is 293 g/mol. The smallest absolute Gasteiger partial charge is 0.233 e. The van der Waals surface area contributed by atoms with E-state index in [4.69, 9.17) is 9.26 Å². The van der Waals surface area contributed by atoms with Gasteiger partial charge in [0.2, 0.25) is 5.89 Å². The van der Waals surface area contributed by atoms with E-state index in [2.05, 4.69) is 33.8 Å².